The van der Waals surface area contributed by atoms with E-state index in [1.165, 1.54) is 30.3 Å². The number of benzene rings is 2. The fourth-order valence-electron chi connectivity index (χ4n) is 2.05. The van der Waals surface area contributed by atoms with Crippen molar-refractivity contribution in [2.45, 2.75) is 6.61 Å². The van der Waals surface area contributed by atoms with Gasteiger partial charge in [0.05, 0.1) is 11.9 Å². The number of sulfonamides is 1. The molecule has 0 bridgehead atoms. The zero-order valence-electron chi connectivity index (χ0n) is 13.9. The summed E-state index contributed by atoms with van der Waals surface area (Å²) < 4.78 is 67.1. The summed E-state index contributed by atoms with van der Waals surface area (Å²) in [5, 5.41) is 2.41. The van der Waals surface area contributed by atoms with Crippen molar-refractivity contribution in [1.29, 1.82) is 0 Å². The van der Waals surface area contributed by atoms with E-state index in [4.69, 9.17) is 0 Å². The Morgan fingerprint density at radius 1 is 1.19 bits per heavy atom. The minimum atomic E-state index is -3.70. The topological polar surface area (TPSA) is 84.5 Å². The first-order valence-electron chi connectivity index (χ1n) is 7.44. The molecule has 6 nitrogen and oxygen atoms in total. The Kier molecular flexibility index (Phi) is 6.45. The van der Waals surface area contributed by atoms with Gasteiger partial charge in [-0.2, -0.15) is 8.78 Å². The van der Waals surface area contributed by atoms with Crippen molar-refractivity contribution in [3.63, 3.8) is 0 Å². The van der Waals surface area contributed by atoms with Crippen LogP contribution in [0.4, 0.5) is 24.5 Å². The molecule has 0 aliphatic carbocycles. The lowest BCUT2D eigenvalue weighted by molar-refractivity contribution is -0.111. The highest BCUT2D eigenvalue weighted by Gasteiger charge is 2.10. The van der Waals surface area contributed by atoms with Gasteiger partial charge in [0.1, 0.15) is 11.6 Å². The maximum absolute atomic E-state index is 13.6. The summed E-state index contributed by atoms with van der Waals surface area (Å²) in [7, 11) is -3.70. The van der Waals surface area contributed by atoms with Crippen LogP contribution in [-0.2, 0) is 14.8 Å². The Morgan fingerprint density at radius 3 is 2.56 bits per heavy atom. The summed E-state index contributed by atoms with van der Waals surface area (Å²) in [4.78, 5) is 12.0. The highest BCUT2D eigenvalue weighted by atomic mass is 32.2. The molecule has 0 radical (unpaired) electrons. The molecule has 2 N–H and O–H groups in total. The van der Waals surface area contributed by atoms with Crippen LogP contribution < -0.4 is 14.8 Å². The summed E-state index contributed by atoms with van der Waals surface area (Å²) in [6.07, 6.45) is 3.20. The number of hydrogen-bond donors (Lipinski definition) is 2. The molecule has 10 heteroatoms. The molecule has 0 aromatic heterocycles. The van der Waals surface area contributed by atoms with E-state index in [-0.39, 0.29) is 22.7 Å². The van der Waals surface area contributed by atoms with E-state index >= 15 is 0 Å². The van der Waals surface area contributed by atoms with Crippen LogP contribution in [-0.4, -0.2) is 27.2 Å². The minimum Gasteiger partial charge on any atom is -0.434 e. The number of para-hydroxylation sites is 1. The molecule has 144 valence electrons. The third kappa shape index (κ3) is 6.66. The van der Waals surface area contributed by atoms with Gasteiger partial charge in [0.25, 0.3) is 0 Å². The maximum atomic E-state index is 13.6. The molecule has 2 aromatic rings. The van der Waals surface area contributed by atoms with Crippen molar-refractivity contribution in [1.82, 2.24) is 0 Å². The van der Waals surface area contributed by atoms with E-state index in [0.717, 1.165) is 24.5 Å². The number of carbonyl (C=O) groups is 1. The van der Waals surface area contributed by atoms with E-state index in [9.17, 15) is 26.4 Å². The molecule has 0 spiro atoms. The molecule has 0 atom stereocenters. The number of anilines is 2. The zero-order chi connectivity index (χ0) is 20.0. The average molecular weight is 400 g/mol. The van der Waals surface area contributed by atoms with Crippen LogP contribution in [0.3, 0.4) is 0 Å². The molecule has 0 saturated heterocycles. The molecular formula is C17H15F3N2O4S. The van der Waals surface area contributed by atoms with E-state index in [0.29, 0.717) is 0 Å². The second kappa shape index (κ2) is 8.58. The molecule has 0 saturated carbocycles. The number of carbonyl (C=O) groups excluding carboxylic acids is 1. The summed E-state index contributed by atoms with van der Waals surface area (Å²) in [5.41, 5.74) is 0.0655. The normalized spacial score (nSPS) is 11.6. The van der Waals surface area contributed by atoms with Crippen molar-refractivity contribution >= 4 is 33.4 Å². The number of alkyl halides is 2. The first-order valence-corrected chi connectivity index (χ1v) is 9.33. The number of hydrogen-bond acceptors (Lipinski definition) is 4. The second-order valence-corrected chi connectivity index (χ2v) is 7.06. The van der Waals surface area contributed by atoms with Crippen molar-refractivity contribution in [2.24, 2.45) is 0 Å². The van der Waals surface area contributed by atoms with Gasteiger partial charge >= 0.3 is 6.61 Å². The van der Waals surface area contributed by atoms with Crippen LogP contribution in [0.2, 0.25) is 0 Å². The molecule has 0 fully saturated rings. The van der Waals surface area contributed by atoms with Gasteiger partial charge in [-0.05, 0) is 30.3 Å². The molecule has 27 heavy (non-hydrogen) atoms. The fraction of sp³-hybridized carbons (Fsp3) is 0.118. The maximum Gasteiger partial charge on any atom is 0.387 e. The number of ether oxygens (including phenoxy) is 1. The Hall–Kier alpha value is -3.01. The molecule has 2 aromatic carbocycles. The molecular weight excluding hydrogens is 385 g/mol. The number of amides is 1. The lowest BCUT2D eigenvalue weighted by atomic mass is 10.2. The molecule has 0 aliphatic rings. The SMILES string of the molecule is CS(=O)(=O)Nc1cc(NC(=O)/C=C/c2ccccc2OC(F)F)ccc1F. The zero-order valence-corrected chi connectivity index (χ0v) is 14.8. The highest BCUT2D eigenvalue weighted by Crippen LogP contribution is 2.22. The monoisotopic (exact) mass is 400 g/mol. The smallest absolute Gasteiger partial charge is 0.387 e. The van der Waals surface area contributed by atoms with Crippen LogP contribution >= 0.6 is 0 Å². The van der Waals surface area contributed by atoms with Crippen molar-refractivity contribution < 1.29 is 31.1 Å². The van der Waals surface area contributed by atoms with Crippen molar-refractivity contribution in [3.8, 4) is 5.75 Å². The van der Waals surface area contributed by atoms with E-state index < -0.39 is 28.4 Å². The van der Waals surface area contributed by atoms with Gasteiger partial charge in [0.2, 0.25) is 15.9 Å². The van der Waals surface area contributed by atoms with Gasteiger partial charge in [-0.3, -0.25) is 9.52 Å². The van der Waals surface area contributed by atoms with Gasteiger partial charge in [-0.1, -0.05) is 18.2 Å². The average Bonchev–Trinajstić information content (AvgIpc) is 2.55. The van der Waals surface area contributed by atoms with Gasteiger partial charge in [-0.25, -0.2) is 12.8 Å². The fourth-order valence-corrected chi connectivity index (χ4v) is 2.61. The van der Waals surface area contributed by atoms with E-state index in [1.54, 1.807) is 6.07 Å². The van der Waals surface area contributed by atoms with E-state index in [2.05, 4.69) is 10.1 Å². The second-order valence-electron chi connectivity index (χ2n) is 5.31. The Morgan fingerprint density at radius 2 is 1.89 bits per heavy atom. The number of rotatable bonds is 7. The minimum absolute atomic E-state index is 0.0991. The quantitative estimate of drug-likeness (QED) is 0.698. The van der Waals surface area contributed by atoms with E-state index in [1.807, 2.05) is 4.72 Å². The predicted molar refractivity (Wildman–Crippen MR) is 95.6 cm³/mol. The number of nitrogens with one attached hydrogen (secondary N) is 2. The van der Waals surface area contributed by atoms with Gasteiger partial charge in [-0.15, -0.1) is 0 Å². The lowest BCUT2D eigenvalue weighted by Crippen LogP contribution is -2.12. The summed E-state index contributed by atoms with van der Waals surface area (Å²) >= 11 is 0. The molecule has 0 aliphatic heterocycles. The van der Waals surface area contributed by atoms with Crippen molar-refractivity contribution in [2.75, 3.05) is 16.3 Å². The molecule has 1 amide bonds. The standard InChI is InChI=1S/C17H15F3N2O4S/c1-27(24,25)22-14-10-12(7-8-13(14)18)21-16(23)9-6-11-4-2-3-5-15(11)26-17(19)20/h2-10,17,22H,1H3,(H,21,23)/b9-6+. The Balaban J connectivity index is 2.12. The Bertz CT molecular complexity index is 962. The summed E-state index contributed by atoms with van der Waals surface area (Å²) in [6.45, 7) is -3.01. The Labute approximate surface area is 153 Å². The lowest BCUT2D eigenvalue weighted by Gasteiger charge is -2.09. The van der Waals surface area contributed by atoms with Crippen LogP contribution in [0.5, 0.6) is 5.75 Å². The summed E-state index contributed by atoms with van der Waals surface area (Å²) in [6, 6.07) is 9.22. The first kappa shape index (κ1) is 20.3. The van der Waals surface area contributed by atoms with Gasteiger partial charge < -0.3 is 10.1 Å². The third-order valence-electron chi connectivity index (χ3n) is 3.08. The molecule has 0 heterocycles. The van der Waals surface area contributed by atoms with Gasteiger partial charge in [0, 0.05) is 17.3 Å². The van der Waals surface area contributed by atoms with Crippen LogP contribution in [0.25, 0.3) is 6.08 Å². The van der Waals surface area contributed by atoms with Crippen molar-refractivity contribution in [3.05, 3.63) is 59.9 Å². The molecule has 0 unspecified atom stereocenters. The first-order chi connectivity index (χ1) is 12.6. The number of halogens is 3. The van der Waals surface area contributed by atoms with Gasteiger partial charge in [0.15, 0.2) is 0 Å². The third-order valence-corrected chi connectivity index (χ3v) is 3.67. The van der Waals surface area contributed by atoms with Crippen LogP contribution in [0, 0.1) is 5.82 Å². The largest absolute Gasteiger partial charge is 0.434 e. The van der Waals surface area contributed by atoms with Crippen LogP contribution in [0.15, 0.2) is 48.5 Å². The predicted octanol–water partition coefficient (Wildman–Crippen LogP) is 3.45. The van der Waals surface area contributed by atoms with Crippen LogP contribution in [0.1, 0.15) is 5.56 Å². The highest BCUT2D eigenvalue weighted by molar-refractivity contribution is 7.92. The molecule has 2 rings (SSSR count). The summed E-state index contributed by atoms with van der Waals surface area (Å²) in [5.74, 6) is -1.55.